The van der Waals surface area contributed by atoms with E-state index in [1.54, 1.807) is 6.07 Å². The summed E-state index contributed by atoms with van der Waals surface area (Å²) in [4.78, 5) is 11.3. The fourth-order valence-electron chi connectivity index (χ4n) is 1.55. The van der Waals surface area contributed by atoms with Gasteiger partial charge in [0.05, 0.1) is 13.2 Å². The van der Waals surface area contributed by atoms with Gasteiger partial charge in [-0.1, -0.05) is 18.2 Å². The number of para-hydroxylation sites is 1. The van der Waals surface area contributed by atoms with Gasteiger partial charge < -0.3 is 15.2 Å². The van der Waals surface area contributed by atoms with E-state index in [-0.39, 0.29) is 12.4 Å². The summed E-state index contributed by atoms with van der Waals surface area (Å²) in [6, 6.07) is 6.91. The minimum absolute atomic E-state index is 0. The molecule has 0 aliphatic carbocycles. The second-order valence-electron chi connectivity index (χ2n) is 3.13. The molecule has 2 atom stereocenters. The molecular weight excluding hydrogens is 218 g/mol. The fourth-order valence-corrected chi connectivity index (χ4v) is 1.55. The minimum Gasteiger partial charge on any atom is -0.476 e. The number of carbonyl (C=O) groups is 1. The SMILES string of the molecule is COC(=O)[C@@H]1Oc2ccccc2[C@@H]1N.Cl. The monoisotopic (exact) mass is 229 g/mol. The molecule has 2 rings (SSSR count). The Hall–Kier alpha value is -1.26. The molecule has 2 N–H and O–H groups in total. The minimum atomic E-state index is -0.711. The van der Waals surface area contributed by atoms with Crippen LogP contribution in [0, 0.1) is 0 Å². The van der Waals surface area contributed by atoms with Crippen LogP contribution in [0.2, 0.25) is 0 Å². The summed E-state index contributed by atoms with van der Waals surface area (Å²) in [6.07, 6.45) is -0.711. The maximum atomic E-state index is 11.3. The molecule has 0 unspecified atom stereocenters. The molecule has 5 heteroatoms. The van der Waals surface area contributed by atoms with E-state index in [0.29, 0.717) is 5.75 Å². The molecule has 15 heavy (non-hydrogen) atoms. The topological polar surface area (TPSA) is 61.5 Å². The van der Waals surface area contributed by atoms with Crippen LogP contribution < -0.4 is 10.5 Å². The van der Waals surface area contributed by atoms with E-state index in [1.165, 1.54) is 7.11 Å². The standard InChI is InChI=1S/C10H11NO3.ClH/c1-13-10(12)9-8(11)6-4-2-3-5-7(6)14-9;/h2-5,8-9H,11H2,1H3;1H/t8-,9+;/m0./s1. The number of hydrogen-bond acceptors (Lipinski definition) is 4. The van der Waals surface area contributed by atoms with E-state index in [1.807, 2.05) is 18.2 Å². The number of esters is 1. The van der Waals surface area contributed by atoms with Crippen molar-refractivity contribution >= 4 is 18.4 Å². The van der Waals surface area contributed by atoms with Gasteiger partial charge in [-0.15, -0.1) is 12.4 Å². The summed E-state index contributed by atoms with van der Waals surface area (Å²) in [7, 11) is 1.32. The lowest BCUT2D eigenvalue weighted by molar-refractivity contribution is -0.148. The van der Waals surface area contributed by atoms with Gasteiger partial charge in [-0.2, -0.15) is 0 Å². The highest BCUT2D eigenvalue weighted by Gasteiger charge is 2.37. The Morgan fingerprint density at radius 2 is 2.13 bits per heavy atom. The van der Waals surface area contributed by atoms with E-state index >= 15 is 0 Å². The summed E-state index contributed by atoms with van der Waals surface area (Å²) in [6.45, 7) is 0. The third kappa shape index (κ3) is 1.91. The number of ether oxygens (including phenoxy) is 2. The van der Waals surface area contributed by atoms with E-state index < -0.39 is 18.1 Å². The smallest absolute Gasteiger partial charge is 0.349 e. The van der Waals surface area contributed by atoms with E-state index in [2.05, 4.69) is 4.74 Å². The molecule has 1 aromatic rings. The molecule has 0 amide bonds. The number of rotatable bonds is 1. The molecule has 1 heterocycles. The zero-order valence-electron chi connectivity index (χ0n) is 8.17. The van der Waals surface area contributed by atoms with Gasteiger partial charge in [-0.05, 0) is 6.07 Å². The molecule has 0 radical (unpaired) electrons. The molecule has 1 aliphatic rings. The molecule has 0 bridgehead atoms. The fraction of sp³-hybridized carbons (Fsp3) is 0.300. The van der Waals surface area contributed by atoms with Crippen molar-refractivity contribution in [1.29, 1.82) is 0 Å². The second-order valence-corrected chi connectivity index (χ2v) is 3.13. The molecule has 0 saturated heterocycles. The Balaban J connectivity index is 0.00000112. The van der Waals surface area contributed by atoms with E-state index in [4.69, 9.17) is 10.5 Å². The van der Waals surface area contributed by atoms with Crippen LogP contribution in [0.5, 0.6) is 5.75 Å². The number of benzene rings is 1. The van der Waals surface area contributed by atoms with Crippen molar-refractivity contribution in [1.82, 2.24) is 0 Å². The summed E-state index contributed by atoms with van der Waals surface area (Å²) in [5.74, 6) is 0.226. The lowest BCUT2D eigenvalue weighted by Gasteiger charge is -2.11. The van der Waals surface area contributed by atoms with Crippen LogP contribution in [-0.4, -0.2) is 19.2 Å². The second kappa shape index (κ2) is 4.51. The Labute approximate surface area is 93.8 Å². The van der Waals surface area contributed by atoms with Crippen molar-refractivity contribution in [2.75, 3.05) is 7.11 Å². The Morgan fingerprint density at radius 3 is 2.73 bits per heavy atom. The van der Waals surface area contributed by atoms with Crippen LogP contribution in [0.1, 0.15) is 11.6 Å². The molecule has 1 aromatic carbocycles. The first-order valence-electron chi connectivity index (χ1n) is 4.33. The predicted molar refractivity (Wildman–Crippen MR) is 57.1 cm³/mol. The Morgan fingerprint density at radius 1 is 1.47 bits per heavy atom. The van der Waals surface area contributed by atoms with Crippen molar-refractivity contribution in [2.45, 2.75) is 12.1 Å². The first kappa shape index (κ1) is 11.8. The van der Waals surface area contributed by atoms with Gasteiger partial charge in [-0.3, -0.25) is 0 Å². The third-order valence-corrected chi connectivity index (χ3v) is 2.29. The van der Waals surface area contributed by atoms with Crippen LogP contribution in [-0.2, 0) is 9.53 Å². The summed E-state index contributed by atoms with van der Waals surface area (Å²) in [5.41, 5.74) is 6.69. The number of halogens is 1. The van der Waals surface area contributed by atoms with Crippen molar-refractivity contribution in [3.8, 4) is 5.75 Å². The summed E-state index contributed by atoms with van der Waals surface area (Å²) in [5, 5.41) is 0. The molecule has 0 fully saturated rings. The van der Waals surface area contributed by atoms with E-state index in [9.17, 15) is 4.79 Å². The maximum absolute atomic E-state index is 11.3. The maximum Gasteiger partial charge on any atom is 0.349 e. The lowest BCUT2D eigenvalue weighted by atomic mass is 10.1. The first-order chi connectivity index (χ1) is 6.74. The molecule has 0 aromatic heterocycles. The highest BCUT2D eigenvalue weighted by molar-refractivity contribution is 5.85. The Bertz CT molecular complexity index is 369. The number of methoxy groups -OCH3 is 1. The van der Waals surface area contributed by atoms with Crippen LogP contribution in [0.25, 0.3) is 0 Å². The van der Waals surface area contributed by atoms with Crippen molar-refractivity contribution in [2.24, 2.45) is 5.73 Å². The average molecular weight is 230 g/mol. The highest BCUT2D eigenvalue weighted by atomic mass is 35.5. The number of hydrogen-bond donors (Lipinski definition) is 1. The van der Waals surface area contributed by atoms with Crippen LogP contribution in [0.3, 0.4) is 0 Å². The molecule has 0 saturated carbocycles. The van der Waals surface area contributed by atoms with Gasteiger partial charge in [0.2, 0.25) is 6.10 Å². The van der Waals surface area contributed by atoms with Gasteiger partial charge >= 0.3 is 5.97 Å². The molecule has 82 valence electrons. The van der Waals surface area contributed by atoms with Gasteiger partial charge in [0.15, 0.2) is 0 Å². The predicted octanol–water partition coefficient (Wildman–Crippen LogP) is 1.04. The highest BCUT2D eigenvalue weighted by Crippen LogP contribution is 2.34. The van der Waals surface area contributed by atoms with Crippen LogP contribution in [0.15, 0.2) is 24.3 Å². The van der Waals surface area contributed by atoms with Crippen molar-refractivity contribution in [3.63, 3.8) is 0 Å². The summed E-state index contributed by atoms with van der Waals surface area (Å²) < 4.78 is 9.96. The number of fused-ring (bicyclic) bond motifs is 1. The van der Waals surface area contributed by atoms with Crippen LogP contribution in [0.4, 0.5) is 0 Å². The zero-order valence-corrected chi connectivity index (χ0v) is 8.99. The third-order valence-electron chi connectivity index (χ3n) is 2.29. The molecular formula is C10H12ClNO3. The molecule has 4 nitrogen and oxygen atoms in total. The van der Waals surface area contributed by atoms with Gasteiger partial charge in [0.25, 0.3) is 0 Å². The lowest BCUT2D eigenvalue weighted by Crippen LogP contribution is -2.34. The molecule has 1 aliphatic heterocycles. The first-order valence-corrected chi connectivity index (χ1v) is 4.33. The normalized spacial score (nSPS) is 22.3. The number of carbonyl (C=O) groups excluding carboxylic acids is 1. The van der Waals surface area contributed by atoms with Crippen molar-refractivity contribution in [3.05, 3.63) is 29.8 Å². The molecule has 0 spiro atoms. The zero-order chi connectivity index (χ0) is 10.1. The Kier molecular flexibility index (Phi) is 3.55. The van der Waals surface area contributed by atoms with Crippen molar-refractivity contribution < 1.29 is 14.3 Å². The summed E-state index contributed by atoms with van der Waals surface area (Å²) >= 11 is 0. The van der Waals surface area contributed by atoms with E-state index in [0.717, 1.165) is 5.56 Å². The van der Waals surface area contributed by atoms with Crippen LogP contribution >= 0.6 is 12.4 Å². The van der Waals surface area contributed by atoms with Gasteiger partial charge in [-0.25, -0.2) is 4.79 Å². The number of nitrogens with two attached hydrogens (primary N) is 1. The largest absolute Gasteiger partial charge is 0.476 e. The van der Waals surface area contributed by atoms with Gasteiger partial charge in [0, 0.05) is 5.56 Å². The quantitative estimate of drug-likeness (QED) is 0.731. The van der Waals surface area contributed by atoms with Gasteiger partial charge in [0.1, 0.15) is 5.75 Å². The average Bonchev–Trinajstić information content (AvgIpc) is 2.56.